The number of carbonyl (C=O) groups is 2. The van der Waals surface area contributed by atoms with Gasteiger partial charge in [0.05, 0.1) is 18.0 Å². The highest BCUT2D eigenvalue weighted by Gasteiger charge is 2.29. The summed E-state index contributed by atoms with van der Waals surface area (Å²) < 4.78 is 32.6. The molecule has 1 atom stereocenters. The van der Waals surface area contributed by atoms with E-state index in [9.17, 15) is 18.0 Å². The Bertz CT molecular complexity index is 1020. The molecule has 0 saturated carbocycles. The molecule has 160 valence electrons. The zero-order valence-corrected chi connectivity index (χ0v) is 17.9. The fraction of sp³-hybridized carbons (Fsp3) is 0.364. The summed E-state index contributed by atoms with van der Waals surface area (Å²) in [6.45, 7) is 2.04. The minimum Gasteiger partial charge on any atom is -0.497 e. The number of nitrogens with one attached hydrogen (secondary N) is 1. The van der Waals surface area contributed by atoms with Crippen molar-refractivity contribution in [3.8, 4) is 5.75 Å². The SMILES string of the molecule is COc1ccc([C@H]2CCCN2C(=O)CCNS(=O)(=O)c2cccc(C(C)=O)c2)cc1. The molecule has 0 aliphatic carbocycles. The van der Waals surface area contributed by atoms with Gasteiger partial charge in [0, 0.05) is 25.1 Å². The maximum absolute atomic E-state index is 12.7. The topological polar surface area (TPSA) is 92.8 Å². The fourth-order valence-electron chi connectivity index (χ4n) is 3.64. The van der Waals surface area contributed by atoms with Crippen LogP contribution in [0.5, 0.6) is 5.75 Å². The van der Waals surface area contributed by atoms with Crippen molar-refractivity contribution < 1.29 is 22.7 Å². The number of hydrogen-bond donors (Lipinski definition) is 1. The van der Waals surface area contributed by atoms with Crippen LogP contribution < -0.4 is 9.46 Å². The first kappa shape index (κ1) is 22.0. The van der Waals surface area contributed by atoms with Crippen molar-refractivity contribution in [2.75, 3.05) is 20.2 Å². The van der Waals surface area contributed by atoms with Gasteiger partial charge < -0.3 is 9.64 Å². The number of likely N-dealkylation sites (tertiary alicyclic amines) is 1. The van der Waals surface area contributed by atoms with E-state index in [-0.39, 0.29) is 35.6 Å². The summed E-state index contributed by atoms with van der Waals surface area (Å²) in [5.41, 5.74) is 1.37. The number of hydrogen-bond acceptors (Lipinski definition) is 5. The Kier molecular flexibility index (Phi) is 6.89. The maximum atomic E-state index is 12.7. The number of ketones is 1. The average molecular weight is 431 g/mol. The number of rotatable bonds is 8. The second-order valence-corrected chi connectivity index (χ2v) is 9.02. The Morgan fingerprint density at radius 1 is 1.17 bits per heavy atom. The standard InChI is InChI=1S/C22H26N2O5S/c1-16(25)18-5-3-6-20(15-18)30(27,28)23-13-12-22(26)24-14-4-7-21(24)17-8-10-19(29-2)11-9-17/h3,5-6,8-11,15,21,23H,4,7,12-14H2,1-2H3/t21-/m1/s1. The monoisotopic (exact) mass is 430 g/mol. The van der Waals surface area contributed by atoms with Crippen molar-refractivity contribution in [1.82, 2.24) is 9.62 Å². The van der Waals surface area contributed by atoms with Gasteiger partial charge in [0.25, 0.3) is 0 Å². The third-order valence-electron chi connectivity index (χ3n) is 5.26. The molecule has 0 unspecified atom stereocenters. The molecule has 1 saturated heterocycles. The van der Waals surface area contributed by atoms with Crippen LogP contribution in [0.4, 0.5) is 0 Å². The smallest absolute Gasteiger partial charge is 0.240 e. The van der Waals surface area contributed by atoms with Crippen LogP contribution in [-0.4, -0.2) is 45.2 Å². The normalized spacial score (nSPS) is 16.5. The van der Waals surface area contributed by atoms with E-state index >= 15 is 0 Å². The fourth-order valence-corrected chi connectivity index (χ4v) is 4.72. The molecular formula is C22H26N2O5S. The van der Waals surface area contributed by atoms with Crippen LogP contribution in [0.3, 0.4) is 0 Å². The first-order valence-electron chi connectivity index (χ1n) is 9.86. The summed E-state index contributed by atoms with van der Waals surface area (Å²) in [5.74, 6) is 0.465. The van der Waals surface area contributed by atoms with Crippen LogP contribution in [0.2, 0.25) is 0 Å². The van der Waals surface area contributed by atoms with Gasteiger partial charge in [-0.2, -0.15) is 0 Å². The zero-order valence-electron chi connectivity index (χ0n) is 17.1. The molecule has 7 nitrogen and oxygen atoms in total. The predicted molar refractivity (Wildman–Crippen MR) is 113 cm³/mol. The Morgan fingerprint density at radius 3 is 2.57 bits per heavy atom. The van der Waals surface area contributed by atoms with Crippen LogP contribution in [0.25, 0.3) is 0 Å². The highest BCUT2D eigenvalue weighted by Crippen LogP contribution is 2.33. The minimum absolute atomic E-state index is 0.00268. The van der Waals surface area contributed by atoms with Crippen LogP contribution in [-0.2, 0) is 14.8 Å². The lowest BCUT2D eigenvalue weighted by Gasteiger charge is -2.25. The molecule has 8 heteroatoms. The minimum atomic E-state index is -3.80. The third-order valence-corrected chi connectivity index (χ3v) is 6.71. The summed E-state index contributed by atoms with van der Waals surface area (Å²) in [5, 5.41) is 0. The van der Waals surface area contributed by atoms with Crippen LogP contribution in [0, 0.1) is 0 Å². The molecule has 2 aromatic carbocycles. The summed E-state index contributed by atoms with van der Waals surface area (Å²) in [7, 11) is -2.19. The molecule has 0 aromatic heterocycles. The highest BCUT2D eigenvalue weighted by atomic mass is 32.2. The number of Topliss-reactive ketones (excluding diaryl/α,β-unsaturated/α-hetero) is 1. The lowest BCUT2D eigenvalue weighted by molar-refractivity contribution is -0.131. The van der Waals surface area contributed by atoms with Gasteiger partial charge in [-0.15, -0.1) is 0 Å². The second-order valence-electron chi connectivity index (χ2n) is 7.25. The summed E-state index contributed by atoms with van der Waals surface area (Å²) in [6.07, 6.45) is 1.85. The Hall–Kier alpha value is -2.71. The van der Waals surface area contributed by atoms with E-state index in [0.29, 0.717) is 12.1 Å². The largest absolute Gasteiger partial charge is 0.497 e. The molecule has 1 heterocycles. The van der Waals surface area contributed by atoms with E-state index in [1.807, 2.05) is 29.2 Å². The quantitative estimate of drug-likeness (QED) is 0.650. The van der Waals surface area contributed by atoms with Crippen molar-refractivity contribution in [2.45, 2.75) is 37.1 Å². The predicted octanol–water partition coefficient (Wildman–Crippen LogP) is 2.93. The van der Waals surface area contributed by atoms with Crippen molar-refractivity contribution in [3.63, 3.8) is 0 Å². The Morgan fingerprint density at radius 2 is 1.90 bits per heavy atom. The van der Waals surface area contributed by atoms with E-state index < -0.39 is 10.0 Å². The molecular weight excluding hydrogens is 404 g/mol. The number of amides is 1. The molecule has 0 bridgehead atoms. The van der Waals surface area contributed by atoms with E-state index in [2.05, 4.69) is 4.72 Å². The molecule has 0 radical (unpaired) electrons. The summed E-state index contributed by atoms with van der Waals surface area (Å²) in [6, 6.07) is 13.5. The van der Waals surface area contributed by atoms with Crippen LogP contribution in [0.15, 0.2) is 53.4 Å². The van der Waals surface area contributed by atoms with Gasteiger partial charge in [-0.3, -0.25) is 9.59 Å². The van der Waals surface area contributed by atoms with Crippen molar-refractivity contribution in [2.24, 2.45) is 0 Å². The second kappa shape index (κ2) is 9.40. The van der Waals surface area contributed by atoms with E-state index in [1.165, 1.54) is 25.1 Å². The highest BCUT2D eigenvalue weighted by molar-refractivity contribution is 7.89. The van der Waals surface area contributed by atoms with Crippen molar-refractivity contribution in [1.29, 1.82) is 0 Å². The molecule has 1 amide bonds. The number of sulfonamides is 1. The zero-order chi connectivity index (χ0) is 21.7. The van der Waals surface area contributed by atoms with E-state index in [1.54, 1.807) is 13.2 Å². The first-order chi connectivity index (χ1) is 14.3. The molecule has 1 aliphatic heterocycles. The number of nitrogens with zero attached hydrogens (tertiary/aromatic N) is 1. The molecule has 2 aromatic rings. The molecule has 1 fully saturated rings. The van der Waals surface area contributed by atoms with Crippen LogP contribution >= 0.6 is 0 Å². The first-order valence-corrected chi connectivity index (χ1v) is 11.3. The molecule has 1 aliphatic rings. The van der Waals surface area contributed by atoms with Gasteiger partial charge in [0.2, 0.25) is 15.9 Å². The average Bonchev–Trinajstić information content (AvgIpc) is 3.23. The molecule has 3 rings (SSSR count). The summed E-state index contributed by atoms with van der Waals surface area (Å²) >= 11 is 0. The van der Waals surface area contributed by atoms with E-state index in [4.69, 9.17) is 4.74 Å². The molecule has 1 N–H and O–H groups in total. The van der Waals surface area contributed by atoms with Gasteiger partial charge >= 0.3 is 0 Å². The number of benzene rings is 2. The van der Waals surface area contributed by atoms with E-state index in [0.717, 1.165) is 24.2 Å². The number of carbonyl (C=O) groups excluding carboxylic acids is 2. The maximum Gasteiger partial charge on any atom is 0.240 e. The third kappa shape index (κ3) is 5.06. The van der Waals surface area contributed by atoms with Gasteiger partial charge in [0.15, 0.2) is 5.78 Å². The van der Waals surface area contributed by atoms with Crippen molar-refractivity contribution >= 4 is 21.7 Å². The summed E-state index contributed by atoms with van der Waals surface area (Å²) in [4.78, 5) is 26.1. The van der Waals surface area contributed by atoms with Crippen molar-refractivity contribution in [3.05, 3.63) is 59.7 Å². The number of methoxy groups -OCH3 is 1. The van der Waals surface area contributed by atoms with Gasteiger partial charge in [0.1, 0.15) is 5.75 Å². The Balaban J connectivity index is 1.60. The van der Waals surface area contributed by atoms with Gasteiger partial charge in [-0.25, -0.2) is 13.1 Å². The number of ether oxygens (including phenoxy) is 1. The van der Waals surface area contributed by atoms with Gasteiger partial charge in [-0.05, 0) is 49.6 Å². The lowest BCUT2D eigenvalue weighted by Crippen LogP contribution is -2.34. The molecule has 0 spiro atoms. The lowest BCUT2D eigenvalue weighted by atomic mass is 10.0. The van der Waals surface area contributed by atoms with Crippen LogP contribution in [0.1, 0.15) is 48.1 Å². The van der Waals surface area contributed by atoms with Gasteiger partial charge in [-0.1, -0.05) is 24.3 Å². The molecule has 30 heavy (non-hydrogen) atoms. The Labute approximate surface area is 177 Å².